The Bertz CT molecular complexity index is 550. The van der Waals surface area contributed by atoms with Gasteiger partial charge in [0, 0.05) is 39.7 Å². The number of fused-ring (bicyclic) bond motifs is 1. The minimum absolute atomic E-state index is 0.181. The van der Waals surface area contributed by atoms with Crippen LogP contribution < -0.4 is 5.32 Å². The van der Waals surface area contributed by atoms with E-state index >= 15 is 0 Å². The van der Waals surface area contributed by atoms with Crippen LogP contribution in [0.25, 0.3) is 11.0 Å². The van der Waals surface area contributed by atoms with Crippen LogP contribution in [0.3, 0.4) is 0 Å². The highest BCUT2D eigenvalue weighted by molar-refractivity contribution is 5.85. The minimum atomic E-state index is -0.181. The summed E-state index contributed by atoms with van der Waals surface area (Å²) in [5, 5.41) is 11.0. The first kappa shape index (κ1) is 12.3. The maximum atomic E-state index is 5.68. The number of aromatic nitrogens is 4. The van der Waals surface area contributed by atoms with Crippen molar-refractivity contribution in [1.82, 2.24) is 20.2 Å². The van der Waals surface area contributed by atoms with Crippen molar-refractivity contribution < 1.29 is 9.47 Å². The molecule has 102 valence electrons. The van der Waals surface area contributed by atoms with E-state index in [1.807, 2.05) is 0 Å². The van der Waals surface area contributed by atoms with Gasteiger partial charge in [0.25, 0.3) is 0 Å². The lowest BCUT2D eigenvalue weighted by Crippen LogP contribution is -2.44. The van der Waals surface area contributed by atoms with Gasteiger partial charge in [-0.25, -0.2) is 9.97 Å². The molecule has 2 N–H and O–H groups in total. The van der Waals surface area contributed by atoms with Crippen LogP contribution in [0.5, 0.6) is 0 Å². The zero-order valence-electron chi connectivity index (χ0n) is 10.8. The zero-order valence-corrected chi connectivity index (χ0v) is 10.8. The number of hydrogen-bond acceptors (Lipinski definition) is 6. The number of aromatic amines is 1. The Hall–Kier alpha value is -1.73. The number of nitrogens with one attached hydrogen (secondary N) is 2. The highest BCUT2D eigenvalue weighted by Gasteiger charge is 2.32. The highest BCUT2D eigenvalue weighted by Crippen LogP contribution is 2.25. The predicted molar refractivity (Wildman–Crippen MR) is 70.0 cm³/mol. The lowest BCUT2D eigenvalue weighted by atomic mass is 9.94. The monoisotopic (exact) mass is 263 g/mol. The van der Waals surface area contributed by atoms with Crippen LogP contribution in [0.2, 0.25) is 0 Å². The quantitative estimate of drug-likeness (QED) is 0.854. The van der Waals surface area contributed by atoms with Gasteiger partial charge in [-0.2, -0.15) is 5.10 Å². The van der Waals surface area contributed by atoms with E-state index in [1.54, 1.807) is 13.3 Å². The topological polar surface area (TPSA) is 85.0 Å². The fourth-order valence-electron chi connectivity index (χ4n) is 2.35. The third-order valence-electron chi connectivity index (χ3n) is 3.66. The van der Waals surface area contributed by atoms with Crippen LogP contribution in [0, 0.1) is 0 Å². The molecule has 0 unspecified atom stereocenters. The fraction of sp³-hybridized carbons (Fsp3) is 0.583. The summed E-state index contributed by atoms with van der Waals surface area (Å²) in [6.07, 6.45) is 5.01. The Morgan fingerprint density at radius 3 is 3.05 bits per heavy atom. The lowest BCUT2D eigenvalue weighted by molar-refractivity contribution is -0.0807. The van der Waals surface area contributed by atoms with E-state index in [2.05, 4.69) is 25.5 Å². The van der Waals surface area contributed by atoms with E-state index in [0.29, 0.717) is 6.54 Å². The van der Waals surface area contributed by atoms with E-state index in [-0.39, 0.29) is 5.60 Å². The molecule has 2 aromatic rings. The second-order valence-corrected chi connectivity index (χ2v) is 4.71. The second-order valence-electron chi connectivity index (χ2n) is 4.71. The summed E-state index contributed by atoms with van der Waals surface area (Å²) in [7, 11) is 1.75. The number of nitrogens with zero attached hydrogens (tertiary/aromatic N) is 3. The summed E-state index contributed by atoms with van der Waals surface area (Å²) in [5.74, 6) is 0.779. The molecule has 7 nitrogen and oxygen atoms in total. The van der Waals surface area contributed by atoms with Crippen molar-refractivity contribution >= 4 is 16.9 Å². The van der Waals surface area contributed by atoms with Crippen LogP contribution in [0.15, 0.2) is 12.5 Å². The summed E-state index contributed by atoms with van der Waals surface area (Å²) in [5.41, 5.74) is 0.551. The molecule has 0 spiro atoms. The number of H-pyrrole nitrogens is 1. The third kappa shape index (κ3) is 2.39. The molecular weight excluding hydrogens is 246 g/mol. The maximum absolute atomic E-state index is 5.68. The molecule has 0 radical (unpaired) electrons. The average Bonchev–Trinajstić information content (AvgIpc) is 2.95. The van der Waals surface area contributed by atoms with Gasteiger partial charge in [-0.3, -0.25) is 5.10 Å². The summed E-state index contributed by atoms with van der Waals surface area (Å²) in [6.45, 7) is 2.17. The van der Waals surface area contributed by atoms with Gasteiger partial charge in [0.2, 0.25) is 0 Å². The molecule has 1 saturated heterocycles. The van der Waals surface area contributed by atoms with Crippen LogP contribution in [-0.2, 0) is 9.47 Å². The molecule has 0 bridgehead atoms. The van der Waals surface area contributed by atoms with Gasteiger partial charge in [-0.15, -0.1) is 0 Å². The van der Waals surface area contributed by atoms with Gasteiger partial charge in [0.1, 0.15) is 12.1 Å². The van der Waals surface area contributed by atoms with Gasteiger partial charge >= 0.3 is 0 Å². The molecule has 19 heavy (non-hydrogen) atoms. The molecule has 0 amide bonds. The number of methoxy groups -OCH3 is 1. The van der Waals surface area contributed by atoms with E-state index in [9.17, 15) is 0 Å². The Kier molecular flexibility index (Phi) is 3.31. The number of rotatable bonds is 4. The lowest BCUT2D eigenvalue weighted by Gasteiger charge is -2.36. The first-order valence-electron chi connectivity index (χ1n) is 6.34. The van der Waals surface area contributed by atoms with Crippen molar-refractivity contribution in [1.29, 1.82) is 0 Å². The molecule has 0 saturated carbocycles. The molecule has 1 fully saturated rings. The Morgan fingerprint density at radius 2 is 2.26 bits per heavy atom. The Balaban J connectivity index is 1.76. The van der Waals surface area contributed by atoms with Crippen LogP contribution in [-0.4, -0.2) is 52.6 Å². The van der Waals surface area contributed by atoms with Gasteiger partial charge in [0.05, 0.1) is 17.2 Å². The van der Waals surface area contributed by atoms with Crippen molar-refractivity contribution in [2.75, 3.05) is 32.2 Å². The van der Waals surface area contributed by atoms with Crippen molar-refractivity contribution in [3.05, 3.63) is 12.5 Å². The molecule has 0 atom stereocenters. The summed E-state index contributed by atoms with van der Waals surface area (Å²) >= 11 is 0. The maximum Gasteiger partial charge on any atom is 0.160 e. The van der Waals surface area contributed by atoms with E-state index in [4.69, 9.17) is 9.47 Å². The number of anilines is 1. The SMILES string of the molecule is COC1(CNc2ncnc3[nH]ncc23)CCOCC1. The van der Waals surface area contributed by atoms with E-state index in [0.717, 1.165) is 42.9 Å². The third-order valence-corrected chi connectivity index (χ3v) is 3.66. The molecule has 2 aromatic heterocycles. The van der Waals surface area contributed by atoms with Gasteiger partial charge in [-0.05, 0) is 0 Å². The Morgan fingerprint density at radius 1 is 1.42 bits per heavy atom. The van der Waals surface area contributed by atoms with Crippen molar-refractivity contribution in [2.45, 2.75) is 18.4 Å². The van der Waals surface area contributed by atoms with Crippen LogP contribution >= 0.6 is 0 Å². The van der Waals surface area contributed by atoms with Gasteiger partial charge in [0.15, 0.2) is 5.65 Å². The smallest absolute Gasteiger partial charge is 0.160 e. The standard InChI is InChI=1S/C12H17N5O2/c1-18-12(2-4-19-5-3-12)7-13-10-9-6-16-17-11(9)15-8-14-10/h6,8H,2-5,7H2,1H3,(H2,13,14,15,16,17). The molecular formula is C12H17N5O2. The number of hydrogen-bond donors (Lipinski definition) is 2. The molecule has 1 aliphatic heterocycles. The zero-order chi connectivity index (χ0) is 13.1. The predicted octanol–water partition coefficient (Wildman–Crippen LogP) is 0.960. The fourth-order valence-corrected chi connectivity index (χ4v) is 2.35. The molecule has 0 aliphatic carbocycles. The molecule has 3 rings (SSSR count). The van der Waals surface area contributed by atoms with Crippen molar-refractivity contribution in [3.63, 3.8) is 0 Å². The van der Waals surface area contributed by atoms with E-state index in [1.165, 1.54) is 6.33 Å². The minimum Gasteiger partial charge on any atom is -0.381 e. The number of ether oxygens (including phenoxy) is 2. The molecule has 3 heterocycles. The molecule has 1 aliphatic rings. The average molecular weight is 263 g/mol. The van der Waals surface area contributed by atoms with Crippen molar-refractivity contribution in [3.8, 4) is 0 Å². The second kappa shape index (κ2) is 5.10. The molecule has 0 aromatic carbocycles. The summed E-state index contributed by atoms with van der Waals surface area (Å²) < 4.78 is 11.1. The summed E-state index contributed by atoms with van der Waals surface area (Å²) in [6, 6.07) is 0. The first-order valence-corrected chi connectivity index (χ1v) is 6.34. The molecule has 7 heteroatoms. The highest BCUT2D eigenvalue weighted by atomic mass is 16.5. The van der Waals surface area contributed by atoms with Gasteiger partial charge in [-0.1, -0.05) is 0 Å². The van der Waals surface area contributed by atoms with Crippen molar-refractivity contribution in [2.24, 2.45) is 0 Å². The van der Waals surface area contributed by atoms with Gasteiger partial charge < -0.3 is 14.8 Å². The Labute approximate surface area is 110 Å². The first-order chi connectivity index (χ1) is 9.33. The van der Waals surface area contributed by atoms with Crippen LogP contribution in [0.1, 0.15) is 12.8 Å². The van der Waals surface area contributed by atoms with Crippen LogP contribution in [0.4, 0.5) is 5.82 Å². The summed E-state index contributed by atoms with van der Waals surface area (Å²) in [4.78, 5) is 8.37. The normalized spacial score (nSPS) is 18.6. The van der Waals surface area contributed by atoms with E-state index < -0.39 is 0 Å². The largest absolute Gasteiger partial charge is 0.381 e.